The monoisotopic (exact) mass is 382 g/mol. The summed E-state index contributed by atoms with van der Waals surface area (Å²) in [7, 11) is 1.63. The van der Waals surface area contributed by atoms with Gasteiger partial charge in [-0.1, -0.05) is 6.07 Å². The van der Waals surface area contributed by atoms with Gasteiger partial charge in [0, 0.05) is 19.3 Å². The van der Waals surface area contributed by atoms with Crippen molar-refractivity contribution in [2.24, 2.45) is 5.92 Å². The number of likely N-dealkylation sites (tertiary alicyclic amines) is 1. The number of carbonyl (C=O) groups is 1. The number of aromatic nitrogens is 1. The molecule has 0 radical (unpaired) electrons. The molecule has 1 unspecified atom stereocenters. The summed E-state index contributed by atoms with van der Waals surface area (Å²) in [5.41, 5.74) is 1.79. The molecule has 0 bridgehead atoms. The highest BCUT2D eigenvalue weighted by atomic mass is 16.5. The first kappa shape index (κ1) is 18.7. The van der Waals surface area contributed by atoms with Crippen molar-refractivity contribution < 1.29 is 19.4 Å². The number of methoxy groups -OCH3 is 1. The van der Waals surface area contributed by atoms with Gasteiger partial charge in [-0.3, -0.25) is 9.78 Å². The number of ether oxygens (including phenoxy) is 2. The SMILES string of the molecule is COc1ccc2c(c1)CC(C(=O)N1CCC(O)(c3ccc(C)cn3)CC1)CO2. The summed E-state index contributed by atoms with van der Waals surface area (Å²) in [6.07, 6.45) is 3.40. The van der Waals surface area contributed by atoms with E-state index in [1.54, 1.807) is 13.3 Å². The minimum atomic E-state index is -0.965. The Balaban J connectivity index is 1.41. The molecule has 0 saturated carbocycles. The molecular weight excluding hydrogens is 356 g/mol. The van der Waals surface area contributed by atoms with E-state index in [9.17, 15) is 9.90 Å². The number of piperidine rings is 1. The molecule has 4 rings (SSSR count). The van der Waals surface area contributed by atoms with E-state index in [1.165, 1.54) is 0 Å². The van der Waals surface area contributed by atoms with Crippen LogP contribution in [-0.4, -0.2) is 47.7 Å². The van der Waals surface area contributed by atoms with E-state index in [2.05, 4.69) is 4.98 Å². The van der Waals surface area contributed by atoms with Crippen molar-refractivity contribution in [1.29, 1.82) is 0 Å². The largest absolute Gasteiger partial charge is 0.497 e. The van der Waals surface area contributed by atoms with Crippen LogP contribution in [-0.2, 0) is 16.8 Å². The predicted molar refractivity (Wildman–Crippen MR) is 104 cm³/mol. The van der Waals surface area contributed by atoms with Crippen molar-refractivity contribution >= 4 is 5.91 Å². The average Bonchev–Trinajstić information content (AvgIpc) is 2.73. The number of fused-ring (bicyclic) bond motifs is 1. The number of amides is 1. The molecule has 1 aromatic carbocycles. The standard InChI is InChI=1S/C22H26N2O4/c1-15-3-6-20(23-13-15)22(26)7-9-24(10-8-22)21(25)17-11-16-12-18(27-2)4-5-19(16)28-14-17/h3-6,12-13,17,26H,7-11,14H2,1-2H3. The number of aryl methyl sites for hydroxylation is 1. The van der Waals surface area contributed by atoms with Crippen LogP contribution in [0, 0.1) is 12.8 Å². The topological polar surface area (TPSA) is 71.9 Å². The number of carbonyl (C=O) groups excluding carboxylic acids is 1. The second kappa shape index (κ2) is 7.43. The second-order valence-electron chi connectivity index (χ2n) is 7.76. The number of aliphatic hydroxyl groups is 1. The molecule has 6 nitrogen and oxygen atoms in total. The van der Waals surface area contributed by atoms with Crippen LogP contribution < -0.4 is 9.47 Å². The van der Waals surface area contributed by atoms with Crippen LogP contribution in [0.25, 0.3) is 0 Å². The van der Waals surface area contributed by atoms with E-state index in [4.69, 9.17) is 9.47 Å². The zero-order chi connectivity index (χ0) is 19.7. The van der Waals surface area contributed by atoms with Crippen LogP contribution in [0.1, 0.15) is 29.7 Å². The molecule has 2 aromatic rings. The molecule has 1 amide bonds. The number of rotatable bonds is 3. The van der Waals surface area contributed by atoms with Gasteiger partial charge in [0.2, 0.25) is 5.91 Å². The Morgan fingerprint density at radius 3 is 2.75 bits per heavy atom. The first-order valence-corrected chi connectivity index (χ1v) is 9.72. The second-order valence-corrected chi connectivity index (χ2v) is 7.76. The minimum Gasteiger partial charge on any atom is -0.497 e. The van der Waals surface area contributed by atoms with Gasteiger partial charge in [0.15, 0.2) is 0 Å². The molecule has 2 aliphatic heterocycles. The summed E-state index contributed by atoms with van der Waals surface area (Å²) in [6.45, 7) is 3.40. The lowest BCUT2D eigenvalue weighted by molar-refractivity contribution is -0.141. The molecule has 0 spiro atoms. The predicted octanol–water partition coefficient (Wildman–Crippen LogP) is 2.46. The lowest BCUT2D eigenvalue weighted by Crippen LogP contribution is -2.49. The van der Waals surface area contributed by atoms with Gasteiger partial charge in [-0.2, -0.15) is 0 Å². The van der Waals surface area contributed by atoms with Crippen LogP contribution in [0.15, 0.2) is 36.5 Å². The molecule has 1 atom stereocenters. The number of hydrogen-bond donors (Lipinski definition) is 1. The third-order valence-corrected chi connectivity index (χ3v) is 5.81. The molecule has 1 N–H and O–H groups in total. The molecule has 1 aromatic heterocycles. The summed E-state index contributed by atoms with van der Waals surface area (Å²) in [6, 6.07) is 9.54. The maximum atomic E-state index is 13.0. The van der Waals surface area contributed by atoms with Crippen LogP contribution in [0.3, 0.4) is 0 Å². The quantitative estimate of drug-likeness (QED) is 0.883. The van der Waals surface area contributed by atoms with Crippen LogP contribution in [0.5, 0.6) is 11.5 Å². The molecule has 1 fully saturated rings. The highest BCUT2D eigenvalue weighted by molar-refractivity contribution is 5.80. The molecule has 3 heterocycles. The maximum absolute atomic E-state index is 13.0. The third kappa shape index (κ3) is 3.56. The van der Waals surface area contributed by atoms with Gasteiger partial charge >= 0.3 is 0 Å². The average molecular weight is 382 g/mol. The van der Waals surface area contributed by atoms with Crippen LogP contribution >= 0.6 is 0 Å². The Morgan fingerprint density at radius 2 is 2.07 bits per heavy atom. The smallest absolute Gasteiger partial charge is 0.229 e. The summed E-state index contributed by atoms with van der Waals surface area (Å²) in [5, 5.41) is 11.0. The van der Waals surface area contributed by atoms with Crippen molar-refractivity contribution in [2.75, 3.05) is 26.8 Å². The molecule has 148 valence electrons. The first-order valence-electron chi connectivity index (χ1n) is 9.72. The van der Waals surface area contributed by atoms with E-state index in [1.807, 2.05) is 42.2 Å². The number of nitrogens with zero attached hydrogens (tertiary/aromatic N) is 2. The highest BCUT2D eigenvalue weighted by Gasteiger charge is 2.38. The Kier molecular flexibility index (Phi) is 4.98. The van der Waals surface area contributed by atoms with Gasteiger partial charge in [-0.15, -0.1) is 0 Å². The summed E-state index contributed by atoms with van der Waals surface area (Å²) in [4.78, 5) is 19.3. The van der Waals surface area contributed by atoms with E-state index < -0.39 is 5.60 Å². The third-order valence-electron chi connectivity index (χ3n) is 5.81. The van der Waals surface area contributed by atoms with Gasteiger partial charge in [0.05, 0.1) is 18.7 Å². The fourth-order valence-corrected chi connectivity index (χ4v) is 4.01. The number of benzene rings is 1. The van der Waals surface area contributed by atoms with Gasteiger partial charge < -0.3 is 19.5 Å². The van der Waals surface area contributed by atoms with E-state index >= 15 is 0 Å². The van der Waals surface area contributed by atoms with Gasteiger partial charge in [-0.25, -0.2) is 0 Å². The van der Waals surface area contributed by atoms with E-state index in [0.29, 0.717) is 44.7 Å². The highest BCUT2D eigenvalue weighted by Crippen LogP contribution is 2.34. The zero-order valence-electron chi connectivity index (χ0n) is 16.4. The molecule has 1 saturated heterocycles. The Bertz CT molecular complexity index is 857. The van der Waals surface area contributed by atoms with Crippen molar-refractivity contribution in [3.8, 4) is 11.5 Å². The Labute approximate surface area is 165 Å². The molecular formula is C22H26N2O4. The zero-order valence-corrected chi connectivity index (χ0v) is 16.4. The van der Waals surface area contributed by atoms with Crippen LogP contribution in [0.2, 0.25) is 0 Å². The summed E-state index contributed by atoms with van der Waals surface area (Å²) in [5.74, 6) is 1.48. The Morgan fingerprint density at radius 1 is 1.29 bits per heavy atom. The van der Waals surface area contributed by atoms with Crippen molar-refractivity contribution in [3.63, 3.8) is 0 Å². The minimum absolute atomic E-state index is 0.0902. The van der Waals surface area contributed by atoms with E-state index in [-0.39, 0.29) is 11.8 Å². The van der Waals surface area contributed by atoms with Crippen molar-refractivity contribution in [2.45, 2.75) is 31.8 Å². The Hall–Kier alpha value is -2.60. The fourth-order valence-electron chi connectivity index (χ4n) is 4.01. The maximum Gasteiger partial charge on any atom is 0.229 e. The van der Waals surface area contributed by atoms with Crippen LogP contribution in [0.4, 0.5) is 0 Å². The van der Waals surface area contributed by atoms with Crippen molar-refractivity contribution in [3.05, 3.63) is 53.3 Å². The molecule has 6 heteroatoms. The van der Waals surface area contributed by atoms with E-state index in [0.717, 1.165) is 22.6 Å². The summed E-state index contributed by atoms with van der Waals surface area (Å²) >= 11 is 0. The molecule has 28 heavy (non-hydrogen) atoms. The number of pyridine rings is 1. The lowest BCUT2D eigenvalue weighted by atomic mass is 9.86. The first-order chi connectivity index (χ1) is 13.5. The molecule has 0 aliphatic carbocycles. The van der Waals surface area contributed by atoms with Gasteiger partial charge in [0.1, 0.15) is 23.7 Å². The van der Waals surface area contributed by atoms with Crippen molar-refractivity contribution in [1.82, 2.24) is 9.88 Å². The number of hydrogen-bond acceptors (Lipinski definition) is 5. The van der Waals surface area contributed by atoms with Gasteiger partial charge in [-0.05, 0) is 61.6 Å². The normalized spacial score (nSPS) is 20.8. The van der Waals surface area contributed by atoms with Gasteiger partial charge in [0.25, 0.3) is 0 Å². The lowest BCUT2D eigenvalue weighted by Gasteiger charge is -2.39. The molecule has 2 aliphatic rings. The fraction of sp³-hybridized carbons (Fsp3) is 0.455. The summed E-state index contributed by atoms with van der Waals surface area (Å²) < 4.78 is 11.1.